The largest absolute Gasteiger partial charge is 0.393 e. The molecule has 0 aliphatic carbocycles. The van der Waals surface area contributed by atoms with Gasteiger partial charge < -0.3 is 20.1 Å². The highest BCUT2D eigenvalue weighted by atomic mass is 16.5. The molecule has 108 valence electrons. The number of nitrogens with one attached hydrogen (secondary N) is 1. The number of hydrogen-bond acceptors (Lipinski definition) is 3. The minimum atomic E-state index is -0.449. The van der Waals surface area contributed by atoms with Gasteiger partial charge in [0.05, 0.1) is 25.4 Å². The average Bonchev–Trinajstić information content (AvgIpc) is 2.38. The van der Waals surface area contributed by atoms with Crippen molar-refractivity contribution in [2.45, 2.75) is 51.3 Å². The van der Waals surface area contributed by atoms with Gasteiger partial charge in [-0.05, 0) is 19.8 Å². The summed E-state index contributed by atoms with van der Waals surface area (Å²) in [4.78, 5) is 14.0. The molecule has 0 radical (unpaired) electrons. The molecule has 0 spiro atoms. The van der Waals surface area contributed by atoms with Gasteiger partial charge in [0.1, 0.15) is 0 Å². The van der Waals surface area contributed by atoms with Crippen LogP contribution in [0.1, 0.15) is 33.1 Å². The Labute approximate surface area is 115 Å². The van der Waals surface area contributed by atoms with Gasteiger partial charge in [-0.2, -0.15) is 0 Å². The molecule has 1 rings (SSSR count). The molecule has 2 amide bonds. The third-order valence-electron chi connectivity index (χ3n) is 3.29. The second kappa shape index (κ2) is 8.03. The molecular weight excluding hydrogens is 244 g/mol. The Morgan fingerprint density at radius 3 is 3.00 bits per heavy atom. The molecule has 2 N–H and O–H groups in total. The molecule has 0 saturated carbocycles. The first-order valence-electron chi connectivity index (χ1n) is 6.84. The second-order valence-electron chi connectivity index (χ2n) is 4.97. The molecule has 3 unspecified atom stereocenters. The summed E-state index contributed by atoms with van der Waals surface area (Å²) in [7, 11) is 0. The highest BCUT2D eigenvalue weighted by molar-refractivity contribution is 5.75. The normalized spacial score (nSPS) is 22.4. The van der Waals surface area contributed by atoms with E-state index in [-0.39, 0.29) is 18.1 Å². The summed E-state index contributed by atoms with van der Waals surface area (Å²) in [6.07, 6.45) is 6.70. The van der Waals surface area contributed by atoms with Crippen LogP contribution in [0.3, 0.4) is 0 Å². The van der Waals surface area contributed by atoms with Crippen molar-refractivity contribution in [1.29, 1.82) is 0 Å². The number of carbonyl (C=O) groups is 1. The molecule has 1 heterocycles. The van der Waals surface area contributed by atoms with Crippen molar-refractivity contribution in [3.05, 3.63) is 0 Å². The first kappa shape index (κ1) is 15.8. The van der Waals surface area contributed by atoms with E-state index in [0.717, 1.165) is 6.42 Å². The molecule has 1 saturated heterocycles. The van der Waals surface area contributed by atoms with Gasteiger partial charge in [0.2, 0.25) is 0 Å². The van der Waals surface area contributed by atoms with Crippen molar-refractivity contribution < 1.29 is 14.6 Å². The van der Waals surface area contributed by atoms with E-state index in [1.165, 1.54) is 0 Å². The van der Waals surface area contributed by atoms with E-state index >= 15 is 0 Å². The standard InChI is InChI=1S/C14H24N2O3/c1-4-6-12(5-2)15-14(18)16-7-8-19-10-13(16)9-11(3)17/h1,11-13,17H,5-10H2,2-3H3,(H,15,18). The lowest BCUT2D eigenvalue weighted by Gasteiger charge is -2.37. The maximum Gasteiger partial charge on any atom is 0.318 e. The van der Waals surface area contributed by atoms with Crippen molar-refractivity contribution in [1.82, 2.24) is 10.2 Å². The lowest BCUT2D eigenvalue weighted by molar-refractivity contribution is -0.00481. The fourth-order valence-corrected chi connectivity index (χ4v) is 2.21. The maximum absolute atomic E-state index is 12.2. The van der Waals surface area contributed by atoms with Crippen molar-refractivity contribution in [3.8, 4) is 12.3 Å². The molecule has 0 aromatic carbocycles. The van der Waals surface area contributed by atoms with Gasteiger partial charge >= 0.3 is 6.03 Å². The molecular formula is C14H24N2O3. The highest BCUT2D eigenvalue weighted by Crippen LogP contribution is 2.13. The molecule has 3 atom stereocenters. The van der Waals surface area contributed by atoms with Crippen LogP contribution in [-0.2, 0) is 4.74 Å². The van der Waals surface area contributed by atoms with Crippen LogP contribution in [0, 0.1) is 12.3 Å². The van der Waals surface area contributed by atoms with Crippen LogP contribution in [0.5, 0.6) is 0 Å². The first-order valence-corrected chi connectivity index (χ1v) is 6.84. The van der Waals surface area contributed by atoms with Gasteiger partial charge in [-0.1, -0.05) is 6.92 Å². The van der Waals surface area contributed by atoms with Crippen molar-refractivity contribution >= 4 is 6.03 Å². The fourth-order valence-electron chi connectivity index (χ4n) is 2.21. The van der Waals surface area contributed by atoms with Crippen molar-refractivity contribution in [2.75, 3.05) is 19.8 Å². The number of urea groups is 1. The number of terminal acetylenes is 1. The monoisotopic (exact) mass is 268 g/mol. The zero-order chi connectivity index (χ0) is 14.3. The molecule has 1 fully saturated rings. The van der Waals surface area contributed by atoms with E-state index in [4.69, 9.17) is 11.2 Å². The lowest BCUT2D eigenvalue weighted by atomic mass is 10.1. The van der Waals surface area contributed by atoms with Gasteiger partial charge in [-0.15, -0.1) is 12.3 Å². The number of amides is 2. The zero-order valence-corrected chi connectivity index (χ0v) is 11.8. The van der Waals surface area contributed by atoms with Gasteiger partial charge in [0.25, 0.3) is 0 Å². The Morgan fingerprint density at radius 2 is 2.42 bits per heavy atom. The third-order valence-corrected chi connectivity index (χ3v) is 3.29. The third kappa shape index (κ3) is 5.09. The molecule has 5 heteroatoms. The minimum Gasteiger partial charge on any atom is -0.393 e. The average molecular weight is 268 g/mol. The summed E-state index contributed by atoms with van der Waals surface area (Å²) in [6, 6.07) is -0.180. The summed E-state index contributed by atoms with van der Waals surface area (Å²) in [6.45, 7) is 5.28. The molecule has 5 nitrogen and oxygen atoms in total. The molecule has 0 bridgehead atoms. The predicted molar refractivity (Wildman–Crippen MR) is 73.7 cm³/mol. The first-order chi connectivity index (χ1) is 9.08. The summed E-state index contributed by atoms with van der Waals surface area (Å²) in [5.74, 6) is 2.57. The summed E-state index contributed by atoms with van der Waals surface area (Å²) in [5, 5.41) is 12.4. The number of aliphatic hydroxyl groups is 1. The Bertz CT molecular complexity index is 325. The number of morpholine rings is 1. The van der Waals surface area contributed by atoms with Crippen molar-refractivity contribution in [2.24, 2.45) is 0 Å². The van der Waals surface area contributed by atoms with E-state index in [1.807, 2.05) is 6.92 Å². The molecule has 1 aliphatic heterocycles. The topological polar surface area (TPSA) is 61.8 Å². The van der Waals surface area contributed by atoms with E-state index in [1.54, 1.807) is 11.8 Å². The number of carbonyl (C=O) groups excluding carboxylic acids is 1. The summed E-state index contributed by atoms with van der Waals surface area (Å²) < 4.78 is 5.38. The Hall–Kier alpha value is -1.25. The number of rotatable bonds is 5. The molecule has 0 aromatic rings. The highest BCUT2D eigenvalue weighted by Gasteiger charge is 2.29. The van der Waals surface area contributed by atoms with E-state index < -0.39 is 6.10 Å². The maximum atomic E-state index is 12.2. The number of hydrogen-bond donors (Lipinski definition) is 2. The number of nitrogens with zero attached hydrogens (tertiary/aromatic N) is 1. The Balaban J connectivity index is 2.58. The summed E-state index contributed by atoms with van der Waals surface area (Å²) in [5.41, 5.74) is 0. The minimum absolute atomic E-state index is 0.00699. The van der Waals surface area contributed by atoms with E-state index in [2.05, 4.69) is 11.2 Å². The van der Waals surface area contributed by atoms with E-state index in [9.17, 15) is 9.90 Å². The van der Waals surface area contributed by atoms with Gasteiger partial charge in [-0.25, -0.2) is 4.79 Å². The quantitative estimate of drug-likeness (QED) is 0.730. The second-order valence-corrected chi connectivity index (χ2v) is 4.97. The van der Waals surface area contributed by atoms with Crippen LogP contribution in [-0.4, -0.2) is 54.0 Å². The van der Waals surface area contributed by atoms with Crippen LogP contribution in [0.25, 0.3) is 0 Å². The van der Waals surface area contributed by atoms with Crippen molar-refractivity contribution in [3.63, 3.8) is 0 Å². The van der Waals surface area contributed by atoms with Gasteiger partial charge in [0.15, 0.2) is 0 Å². The van der Waals surface area contributed by atoms with Crippen LogP contribution in [0.2, 0.25) is 0 Å². The van der Waals surface area contributed by atoms with Gasteiger partial charge in [0, 0.05) is 19.0 Å². The Kier molecular flexibility index (Phi) is 6.68. The lowest BCUT2D eigenvalue weighted by Crippen LogP contribution is -2.54. The fraction of sp³-hybridized carbons (Fsp3) is 0.786. The van der Waals surface area contributed by atoms with Crippen LogP contribution >= 0.6 is 0 Å². The summed E-state index contributed by atoms with van der Waals surface area (Å²) >= 11 is 0. The van der Waals surface area contributed by atoms with E-state index in [0.29, 0.717) is 32.6 Å². The van der Waals surface area contributed by atoms with Crippen LogP contribution < -0.4 is 5.32 Å². The number of aliphatic hydroxyl groups excluding tert-OH is 1. The number of ether oxygens (including phenoxy) is 1. The van der Waals surface area contributed by atoms with Crippen LogP contribution in [0.4, 0.5) is 4.79 Å². The smallest absolute Gasteiger partial charge is 0.318 e. The molecule has 0 aromatic heterocycles. The van der Waals surface area contributed by atoms with Gasteiger partial charge in [-0.3, -0.25) is 0 Å². The van der Waals surface area contributed by atoms with Crippen LogP contribution in [0.15, 0.2) is 0 Å². The molecule has 1 aliphatic rings. The molecule has 19 heavy (non-hydrogen) atoms. The SMILES string of the molecule is C#CCC(CC)NC(=O)N1CCOCC1CC(C)O. The Morgan fingerprint density at radius 1 is 1.68 bits per heavy atom. The predicted octanol–water partition coefficient (Wildman–Crippen LogP) is 0.970. The zero-order valence-electron chi connectivity index (χ0n) is 11.8.